The van der Waals surface area contributed by atoms with E-state index in [1.54, 1.807) is 0 Å². The molecule has 15 heavy (non-hydrogen) atoms. The first kappa shape index (κ1) is 10.9. The third-order valence-corrected chi connectivity index (χ3v) is 3.17. The van der Waals surface area contributed by atoms with Gasteiger partial charge in [-0.1, -0.05) is 0 Å². The van der Waals surface area contributed by atoms with Gasteiger partial charge in [-0.2, -0.15) is 0 Å². The van der Waals surface area contributed by atoms with Gasteiger partial charge in [0.1, 0.15) is 6.10 Å². The number of nitrogens with one attached hydrogen (secondary N) is 2. The normalized spacial score (nSPS) is 36.5. The lowest BCUT2D eigenvalue weighted by atomic mass is 10.1. The van der Waals surface area contributed by atoms with E-state index in [4.69, 9.17) is 4.74 Å². The van der Waals surface area contributed by atoms with Gasteiger partial charge in [-0.25, -0.2) is 0 Å². The summed E-state index contributed by atoms with van der Waals surface area (Å²) in [6, 6.07) is 0.297. The molecule has 2 rings (SSSR count). The molecule has 2 saturated heterocycles. The predicted molar refractivity (Wildman–Crippen MR) is 57.6 cm³/mol. The highest BCUT2D eigenvalue weighted by atomic mass is 16.5. The van der Waals surface area contributed by atoms with Crippen LogP contribution < -0.4 is 10.6 Å². The van der Waals surface area contributed by atoms with E-state index in [9.17, 15) is 4.79 Å². The van der Waals surface area contributed by atoms with Crippen LogP contribution in [0.3, 0.4) is 0 Å². The maximum absolute atomic E-state index is 11.8. The first-order chi connectivity index (χ1) is 7.25. The number of amides is 1. The molecule has 3 atom stereocenters. The minimum atomic E-state index is -0.207. The summed E-state index contributed by atoms with van der Waals surface area (Å²) in [6.07, 6.45) is 4.13. The molecule has 4 heteroatoms. The highest BCUT2D eigenvalue weighted by Crippen LogP contribution is 2.19. The van der Waals surface area contributed by atoms with Crippen LogP contribution >= 0.6 is 0 Å². The molecule has 2 N–H and O–H groups in total. The second kappa shape index (κ2) is 4.94. The lowest BCUT2D eigenvalue weighted by Gasteiger charge is -2.25. The first-order valence-electron chi connectivity index (χ1n) is 5.92. The standard InChI is InChI=1S/C11H20N2O2/c1-8-4-5-10(15-8)11(14)13-9-3-2-6-12-7-9/h8-10,12H,2-7H2,1H3,(H,13,14)/t8?,9-,10?/m0/s1. The fraction of sp³-hybridized carbons (Fsp3) is 0.909. The Morgan fingerprint density at radius 2 is 2.27 bits per heavy atom. The molecule has 0 aromatic rings. The lowest BCUT2D eigenvalue weighted by molar-refractivity contribution is -0.132. The molecular weight excluding hydrogens is 192 g/mol. The number of rotatable bonds is 2. The molecule has 0 aromatic carbocycles. The van der Waals surface area contributed by atoms with E-state index in [1.165, 1.54) is 0 Å². The number of hydrogen-bond donors (Lipinski definition) is 2. The summed E-state index contributed by atoms with van der Waals surface area (Å²) in [5.74, 6) is 0.0769. The maximum Gasteiger partial charge on any atom is 0.249 e. The zero-order valence-corrected chi connectivity index (χ0v) is 9.29. The minimum absolute atomic E-state index is 0.0769. The number of carbonyl (C=O) groups is 1. The van der Waals surface area contributed by atoms with Crippen molar-refractivity contribution in [3.05, 3.63) is 0 Å². The second-order valence-corrected chi connectivity index (χ2v) is 4.56. The molecule has 2 heterocycles. The van der Waals surface area contributed by atoms with Gasteiger partial charge in [-0.15, -0.1) is 0 Å². The molecule has 4 nitrogen and oxygen atoms in total. The highest BCUT2D eigenvalue weighted by molar-refractivity contribution is 5.81. The molecule has 0 aliphatic carbocycles. The fourth-order valence-electron chi connectivity index (χ4n) is 2.26. The summed E-state index contributed by atoms with van der Waals surface area (Å²) < 4.78 is 5.53. The van der Waals surface area contributed by atoms with Crippen LogP contribution in [0.4, 0.5) is 0 Å². The SMILES string of the molecule is CC1CCC(C(=O)N[C@H]2CCCNC2)O1. The monoisotopic (exact) mass is 212 g/mol. The van der Waals surface area contributed by atoms with E-state index in [0.29, 0.717) is 6.04 Å². The number of carbonyl (C=O) groups excluding carboxylic acids is 1. The summed E-state index contributed by atoms with van der Waals surface area (Å²) in [7, 11) is 0. The van der Waals surface area contributed by atoms with E-state index < -0.39 is 0 Å². The Balaban J connectivity index is 1.76. The average molecular weight is 212 g/mol. The van der Waals surface area contributed by atoms with Gasteiger partial charge in [-0.05, 0) is 39.2 Å². The topological polar surface area (TPSA) is 50.4 Å². The van der Waals surface area contributed by atoms with Crippen LogP contribution in [0.1, 0.15) is 32.6 Å². The van der Waals surface area contributed by atoms with E-state index in [0.717, 1.165) is 38.8 Å². The van der Waals surface area contributed by atoms with Crippen LogP contribution in [0, 0.1) is 0 Å². The van der Waals surface area contributed by atoms with Gasteiger partial charge in [0.05, 0.1) is 6.10 Å². The van der Waals surface area contributed by atoms with Crippen LogP contribution in [0.2, 0.25) is 0 Å². The van der Waals surface area contributed by atoms with Crippen LogP contribution in [0.25, 0.3) is 0 Å². The number of hydrogen-bond acceptors (Lipinski definition) is 3. The number of ether oxygens (including phenoxy) is 1. The van der Waals surface area contributed by atoms with Gasteiger partial charge in [0.2, 0.25) is 5.91 Å². The molecular formula is C11H20N2O2. The zero-order valence-electron chi connectivity index (χ0n) is 9.29. The van der Waals surface area contributed by atoms with Crippen molar-refractivity contribution in [2.75, 3.05) is 13.1 Å². The Morgan fingerprint density at radius 1 is 1.40 bits per heavy atom. The van der Waals surface area contributed by atoms with E-state index in [1.807, 2.05) is 6.92 Å². The quantitative estimate of drug-likeness (QED) is 0.697. The Morgan fingerprint density at radius 3 is 2.87 bits per heavy atom. The Hall–Kier alpha value is -0.610. The summed E-state index contributed by atoms with van der Waals surface area (Å²) in [4.78, 5) is 11.8. The fourth-order valence-corrected chi connectivity index (χ4v) is 2.26. The van der Waals surface area contributed by atoms with E-state index >= 15 is 0 Å². The summed E-state index contributed by atoms with van der Waals surface area (Å²) in [5, 5.41) is 6.34. The highest BCUT2D eigenvalue weighted by Gasteiger charge is 2.29. The third-order valence-electron chi connectivity index (χ3n) is 3.17. The minimum Gasteiger partial charge on any atom is -0.365 e. The van der Waals surface area contributed by atoms with Gasteiger partial charge in [0.15, 0.2) is 0 Å². The molecule has 2 unspecified atom stereocenters. The van der Waals surface area contributed by atoms with Crippen LogP contribution in [-0.2, 0) is 9.53 Å². The van der Waals surface area contributed by atoms with Crippen LogP contribution in [-0.4, -0.2) is 37.2 Å². The summed E-state index contributed by atoms with van der Waals surface area (Å²) in [6.45, 7) is 3.99. The van der Waals surface area contributed by atoms with E-state index in [-0.39, 0.29) is 18.1 Å². The summed E-state index contributed by atoms with van der Waals surface area (Å²) in [5.41, 5.74) is 0. The second-order valence-electron chi connectivity index (χ2n) is 4.56. The molecule has 0 spiro atoms. The predicted octanol–water partition coefficient (Wildman–Crippen LogP) is 0.422. The number of piperidine rings is 1. The van der Waals surface area contributed by atoms with Crippen molar-refractivity contribution in [2.24, 2.45) is 0 Å². The Bertz CT molecular complexity index is 227. The molecule has 2 fully saturated rings. The van der Waals surface area contributed by atoms with Crippen LogP contribution in [0.15, 0.2) is 0 Å². The molecule has 1 amide bonds. The van der Waals surface area contributed by atoms with Crippen molar-refractivity contribution in [2.45, 2.75) is 50.9 Å². The average Bonchev–Trinajstić information content (AvgIpc) is 2.66. The molecule has 2 aliphatic heterocycles. The molecule has 2 aliphatic rings. The zero-order chi connectivity index (χ0) is 10.7. The van der Waals surface area contributed by atoms with Crippen LogP contribution in [0.5, 0.6) is 0 Å². The largest absolute Gasteiger partial charge is 0.365 e. The van der Waals surface area contributed by atoms with E-state index in [2.05, 4.69) is 10.6 Å². The third kappa shape index (κ3) is 2.92. The van der Waals surface area contributed by atoms with Crippen molar-refractivity contribution in [1.82, 2.24) is 10.6 Å². The van der Waals surface area contributed by atoms with Gasteiger partial charge < -0.3 is 15.4 Å². The Kier molecular flexibility index (Phi) is 3.59. The molecule has 86 valence electrons. The first-order valence-corrected chi connectivity index (χ1v) is 5.92. The molecule has 0 bridgehead atoms. The van der Waals surface area contributed by atoms with Gasteiger partial charge in [0.25, 0.3) is 0 Å². The molecule has 0 saturated carbocycles. The van der Waals surface area contributed by atoms with Gasteiger partial charge >= 0.3 is 0 Å². The van der Waals surface area contributed by atoms with Gasteiger partial charge in [-0.3, -0.25) is 4.79 Å². The van der Waals surface area contributed by atoms with Crippen molar-refractivity contribution < 1.29 is 9.53 Å². The molecule has 0 radical (unpaired) electrons. The molecule has 0 aromatic heterocycles. The maximum atomic E-state index is 11.8. The smallest absolute Gasteiger partial charge is 0.249 e. The lowest BCUT2D eigenvalue weighted by Crippen LogP contribution is -2.48. The Labute approximate surface area is 90.8 Å². The van der Waals surface area contributed by atoms with Crippen molar-refractivity contribution in [3.8, 4) is 0 Å². The van der Waals surface area contributed by atoms with Crippen molar-refractivity contribution in [3.63, 3.8) is 0 Å². The summed E-state index contributed by atoms with van der Waals surface area (Å²) >= 11 is 0. The van der Waals surface area contributed by atoms with Crippen molar-refractivity contribution >= 4 is 5.91 Å². The van der Waals surface area contributed by atoms with Crippen molar-refractivity contribution in [1.29, 1.82) is 0 Å². The van der Waals surface area contributed by atoms with Gasteiger partial charge in [0, 0.05) is 12.6 Å².